The molecule has 1 aliphatic heterocycles. The Hall–Kier alpha value is -2.08. The van der Waals surface area contributed by atoms with Crippen molar-refractivity contribution in [1.82, 2.24) is 4.98 Å². The monoisotopic (exact) mass is 279 g/mol. The SMILES string of the molecule is CC1(C)CCCN(c2cc(C#N)c3ccccc3n2)CC1. The first kappa shape index (κ1) is 13.9. The van der Waals surface area contributed by atoms with Gasteiger partial charge in [0, 0.05) is 18.5 Å². The second-order valence-corrected chi connectivity index (χ2v) is 6.66. The lowest BCUT2D eigenvalue weighted by atomic mass is 9.85. The molecule has 1 aliphatic rings. The van der Waals surface area contributed by atoms with Crippen LogP contribution in [0, 0.1) is 16.7 Å². The maximum absolute atomic E-state index is 9.40. The zero-order chi connectivity index (χ0) is 14.9. The first-order valence-electron chi connectivity index (χ1n) is 7.64. The number of benzene rings is 1. The van der Waals surface area contributed by atoms with Crippen LogP contribution in [0.25, 0.3) is 10.9 Å². The molecule has 0 bridgehead atoms. The number of nitrogens with zero attached hydrogens (tertiary/aromatic N) is 3. The van der Waals surface area contributed by atoms with Gasteiger partial charge in [0.25, 0.3) is 0 Å². The fraction of sp³-hybridized carbons (Fsp3) is 0.444. The van der Waals surface area contributed by atoms with Crippen molar-refractivity contribution < 1.29 is 0 Å². The molecule has 0 aliphatic carbocycles. The molecule has 0 unspecified atom stereocenters. The van der Waals surface area contributed by atoms with Crippen LogP contribution in [0.2, 0.25) is 0 Å². The van der Waals surface area contributed by atoms with Gasteiger partial charge in [-0.05, 0) is 36.8 Å². The highest BCUT2D eigenvalue weighted by Crippen LogP contribution is 2.32. The number of anilines is 1. The number of pyridine rings is 1. The topological polar surface area (TPSA) is 39.9 Å². The number of fused-ring (bicyclic) bond motifs is 1. The van der Waals surface area contributed by atoms with E-state index in [1.807, 2.05) is 30.3 Å². The van der Waals surface area contributed by atoms with Crippen LogP contribution < -0.4 is 4.90 Å². The number of hydrogen-bond acceptors (Lipinski definition) is 3. The van der Waals surface area contributed by atoms with Crippen LogP contribution in [0.3, 0.4) is 0 Å². The molecule has 0 spiro atoms. The van der Waals surface area contributed by atoms with Crippen molar-refractivity contribution in [2.45, 2.75) is 33.1 Å². The molecule has 0 N–H and O–H groups in total. The molecule has 2 aromatic rings. The van der Waals surface area contributed by atoms with E-state index in [1.54, 1.807) is 0 Å². The molecule has 108 valence electrons. The van der Waals surface area contributed by atoms with Gasteiger partial charge in [-0.25, -0.2) is 4.98 Å². The van der Waals surface area contributed by atoms with E-state index in [-0.39, 0.29) is 0 Å². The molecule has 3 heteroatoms. The van der Waals surface area contributed by atoms with Crippen molar-refractivity contribution in [1.29, 1.82) is 5.26 Å². The van der Waals surface area contributed by atoms with Gasteiger partial charge in [0.15, 0.2) is 0 Å². The van der Waals surface area contributed by atoms with Crippen LogP contribution in [-0.4, -0.2) is 18.1 Å². The third kappa shape index (κ3) is 2.85. The highest BCUT2D eigenvalue weighted by molar-refractivity contribution is 5.86. The lowest BCUT2D eigenvalue weighted by molar-refractivity contribution is 0.325. The summed E-state index contributed by atoms with van der Waals surface area (Å²) in [6.45, 7) is 6.72. The minimum absolute atomic E-state index is 0.406. The lowest BCUT2D eigenvalue weighted by Gasteiger charge is -2.24. The minimum atomic E-state index is 0.406. The van der Waals surface area contributed by atoms with Crippen molar-refractivity contribution in [3.8, 4) is 6.07 Å². The van der Waals surface area contributed by atoms with Crippen LogP contribution in [0.4, 0.5) is 5.82 Å². The van der Waals surface area contributed by atoms with E-state index in [4.69, 9.17) is 4.98 Å². The van der Waals surface area contributed by atoms with Gasteiger partial charge < -0.3 is 4.90 Å². The highest BCUT2D eigenvalue weighted by atomic mass is 15.2. The Morgan fingerprint density at radius 3 is 2.81 bits per heavy atom. The molecular weight excluding hydrogens is 258 g/mol. The second kappa shape index (κ2) is 5.37. The van der Waals surface area contributed by atoms with Gasteiger partial charge in [-0.15, -0.1) is 0 Å². The second-order valence-electron chi connectivity index (χ2n) is 6.66. The summed E-state index contributed by atoms with van der Waals surface area (Å²) in [7, 11) is 0. The Morgan fingerprint density at radius 1 is 1.19 bits per heavy atom. The Morgan fingerprint density at radius 2 is 2.00 bits per heavy atom. The van der Waals surface area contributed by atoms with Crippen LogP contribution in [0.5, 0.6) is 0 Å². The summed E-state index contributed by atoms with van der Waals surface area (Å²) in [6.07, 6.45) is 3.61. The largest absolute Gasteiger partial charge is 0.357 e. The van der Waals surface area contributed by atoms with E-state index in [0.29, 0.717) is 5.41 Å². The normalized spacial score (nSPS) is 18.2. The van der Waals surface area contributed by atoms with Gasteiger partial charge in [-0.3, -0.25) is 0 Å². The maximum atomic E-state index is 9.40. The Kier molecular flexibility index (Phi) is 3.55. The number of aromatic nitrogens is 1. The molecule has 21 heavy (non-hydrogen) atoms. The number of nitriles is 1. The summed E-state index contributed by atoms with van der Waals surface area (Å²) in [5, 5.41) is 10.3. The predicted octanol–water partition coefficient (Wildman–Crippen LogP) is 4.12. The van der Waals surface area contributed by atoms with Gasteiger partial charge in [0.2, 0.25) is 0 Å². The molecule has 0 radical (unpaired) electrons. The fourth-order valence-electron chi connectivity index (χ4n) is 3.07. The first-order valence-corrected chi connectivity index (χ1v) is 7.64. The molecule has 1 saturated heterocycles. The van der Waals surface area contributed by atoms with Crippen molar-refractivity contribution in [2.75, 3.05) is 18.0 Å². The van der Waals surface area contributed by atoms with Gasteiger partial charge in [0.1, 0.15) is 5.82 Å². The third-order valence-electron chi connectivity index (χ3n) is 4.49. The summed E-state index contributed by atoms with van der Waals surface area (Å²) < 4.78 is 0. The smallest absolute Gasteiger partial charge is 0.130 e. The molecule has 3 rings (SSSR count). The summed E-state index contributed by atoms with van der Waals surface area (Å²) in [6, 6.07) is 12.2. The van der Waals surface area contributed by atoms with Crippen LogP contribution >= 0.6 is 0 Å². The van der Waals surface area contributed by atoms with Crippen LogP contribution in [0.15, 0.2) is 30.3 Å². The average Bonchev–Trinajstić information content (AvgIpc) is 2.67. The van der Waals surface area contributed by atoms with Gasteiger partial charge in [-0.2, -0.15) is 5.26 Å². The molecule has 3 nitrogen and oxygen atoms in total. The van der Waals surface area contributed by atoms with E-state index in [0.717, 1.165) is 35.4 Å². The average molecular weight is 279 g/mol. The maximum Gasteiger partial charge on any atom is 0.130 e. The van der Waals surface area contributed by atoms with Crippen LogP contribution in [0.1, 0.15) is 38.7 Å². The molecular formula is C18H21N3. The van der Waals surface area contributed by atoms with Crippen molar-refractivity contribution in [3.05, 3.63) is 35.9 Å². The van der Waals surface area contributed by atoms with Gasteiger partial charge in [-0.1, -0.05) is 32.0 Å². The highest BCUT2D eigenvalue weighted by Gasteiger charge is 2.24. The predicted molar refractivity (Wildman–Crippen MR) is 86.3 cm³/mol. The number of para-hydroxylation sites is 1. The molecule has 0 amide bonds. The molecule has 0 atom stereocenters. The summed E-state index contributed by atoms with van der Waals surface area (Å²) >= 11 is 0. The van der Waals surface area contributed by atoms with E-state index < -0.39 is 0 Å². The van der Waals surface area contributed by atoms with Crippen molar-refractivity contribution in [2.24, 2.45) is 5.41 Å². The van der Waals surface area contributed by atoms with E-state index >= 15 is 0 Å². The Bertz CT molecular complexity index is 697. The van der Waals surface area contributed by atoms with Gasteiger partial charge in [0.05, 0.1) is 17.1 Å². The van der Waals surface area contributed by atoms with Crippen molar-refractivity contribution >= 4 is 16.7 Å². The zero-order valence-corrected chi connectivity index (χ0v) is 12.8. The summed E-state index contributed by atoms with van der Waals surface area (Å²) in [5.41, 5.74) is 2.04. The third-order valence-corrected chi connectivity index (χ3v) is 4.49. The van der Waals surface area contributed by atoms with Gasteiger partial charge >= 0.3 is 0 Å². The first-order chi connectivity index (χ1) is 10.1. The van der Waals surface area contributed by atoms with E-state index in [9.17, 15) is 5.26 Å². The summed E-state index contributed by atoms with van der Waals surface area (Å²) in [4.78, 5) is 7.11. The molecule has 1 fully saturated rings. The number of rotatable bonds is 1. The zero-order valence-electron chi connectivity index (χ0n) is 12.8. The molecule has 2 heterocycles. The number of hydrogen-bond donors (Lipinski definition) is 0. The molecule has 0 saturated carbocycles. The lowest BCUT2D eigenvalue weighted by Crippen LogP contribution is -2.26. The standard InChI is InChI=1S/C18H21N3/c1-18(2)8-5-10-21(11-9-18)17-12-14(13-19)15-6-3-4-7-16(15)20-17/h3-4,6-7,12H,5,8-11H2,1-2H3. The quantitative estimate of drug-likeness (QED) is 0.788. The summed E-state index contributed by atoms with van der Waals surface area (Å²) in [5.74, 6) is 0.947. The van der Waals surface area contributed by atoms with E-state index in [1.165, 1.54) is 19.3 Å². The fourth-order valence-corrected chi connectivity index (χ4v) is 3.07. The molecule has 1 aromatic heterocycles. The Labute approximate surface area is 126 Å². The molecule has 1 aromatic carbocycles. The Balaban J connectivity index is 1.99. The minimum Gasteiger partial charge on any atom is -0.357 e. The van der Waals surface area contributed by atoms with Crippen molar-refractivity contribution in [3.63, 3.8) is 0 Å². The van der Waals surface area contributed by atoms with E-state index in [2.05, 4.69) is 24.8 Å². The van der Waals surface area contributed by atoms with Crippen LogP contribution in [-0.2, 0) is 0 Å².